The summed E-state index contributed by atoms with van der Waals surface area (Å²) < 4.78 is 4.76. The number of carbonyl (C=O) groups is 2. The van der Waals surface area contributed by atoms with E-state index in [4.69, 9.17) is 16.3 Å². The second kappa shape index (κ2) is 9.40. The van der Waals surface area contributed by atoms with Crippen molar-refractivity contribution in [2.75, 3.05) is 19.7 Å². The molecule has 23 heavy (non-hydrogen) atoms. The topological polar surface area (TPSA) is 67.4 Å². The number of amides is 2. The molecule has 6 heteroatoms. The standard InChI is InChI=1S/C17H25ClN2O3/c1-4-17(5-2,13-7-9-14(18)10-8-13)15(21)19-11-12-20-16(22)23-6-3/h7-10H,4-6,11-12H2,1-3H3,(H,19,21)(H,20,22). The Morgan fingerprint density at radius 3 is 2.13 bits per heavy atom. The molecular weight excluding hydrogens is 316 g/mol. The molecule has 5 nitrogen and oxygen atoms in total. The van der Waals surface area contributed by atoms with Crippen LogP contribution in [0.25, 0.3) is 0 Å². The Labute approximate surface area is 142 Å². The number of hydrogen-bond donors (Lipinski definition) is 2. The van der Waals surface area contributed by atoms with Crippen LogP contribution < -0.4 is 10.6 Å². The van der Waals surface area contributed by atoms with Crippen LogP contribution in [0.15, 0.2) is 24.3 Å². The van der Waals surface area contributed by atoms with Gasteiger partial charge in [-0.3, -0.25) is 4.79 Å². The second-order valence-corrected chi connectivity index (χ2v) is 5.64. The van der Waals surface area contributed by atoms with Gasteiger partial charge in [-0.05, 0) is 37.5 Å². The van der Waals surface area contributed by atoms with Crippen LogP contribution in [-0.4, -0.2) is 31.7 Å². The zero-order chi connectivity index (χ0) is 17.3. The summed E-state index contributed by atoms with van der Waals surface area (Å²) in [5, 5.41) is 6.12. The van der Waals surface area contributed by atoms with Crippen LogP contribution in [0, 0.1) is 0 Å². The van der Waals surface area contributed by atoms with E-state index < -0.39 is 11.5 Å². The molecule has 0 aliphatic heterocycles. The summed E-state index contributed by atoms with van der Waals surface area (Å²) in [6.45, 7) is 6.73. The first-order valence-corrected chi connectivity index (χ1v) is 8.32. The largest absolute Gasteiger partial charge is 0.450 e. The number of halogens is 1. The summed E-state index contributed by atoms with van der Waals surface area (Å²) >= 11 is 5.93. The molecule has 128 valence electrons. The molecule has 1 rings (SSSR count). The lowest BCUT2D eigenvalue weighted by Gasteiger charge is -2.31. The van der Waals surface area contributed by atoms with Gasteiger partial charge in [0.25, 0.3) is 0 Å². The van der Waals surface area contributed by atoms with Gasteiger partial charge in [-0.2, -0.15) is 0 Å². The van der Waals surface area contributed by atoms with E-state index >= 15 is 0 Å². The fourth-order valence-electron chi connectivity index (χ4n) is 2.57. The molecule has 0 heterocycles. The van der Waals surface area contributed by atoms with E-state index in [1.807, 2.05) is 26.0 Å². The minimum atomic E-state index is -0.589. The monoisotopic (exact) mass is 340 g/mol. The third-order valence-corrected chi connectivity index (χ3v) is 4.25. The molecule has 0 aromatic heterocycles. The van der Waals surface area contributed by atoms with Gasteiger partial charge < -0.3 is 15.4 Å². The first kappa shape index (κ1) is 19.3. The van der Waals surface area contributed by atoms with E-state index in [2.05, 4.69) is 10.6 Å². The number of ether oxygens (including phenoxy) is 1. The van der Waals surface area contributed by atoms with Crippen molar-refractivity contribution in [2.45, 2.75) is 39.0 Å². The van der Waals surface area contributed by atoms with Gasteiger partial charge in [-0.25, -0.2) is 4.79 Å². The normalized spacial score (nSPS) is 11.0. The Morgan fingerprint density at radius 2 is 1.61 bits per heavy atom. The van der Waals surface area contributed by atoms with Gasteiger partial charge in [0, 0.05) is 18.1 Å². The first-order chi connectivity index (χ1) is 11.0. The van der Waals surface area contributed by atoms with Crippen molar-refractivity contribution in [3.8, 4) is 0 Å². The molecule has 0 fully saturated rings. The van der Waals surface area contributed by atoms with Crippen molar-refractivity contribution in [1.82, 2.24) is 10.6 Å². The van der Waals surface area contributed by atoms with Crippen molar-refractivity contribution in [1.29, 1.82) is 0 Å². The van der Waals surface area contributed by atoms with Crippen LogP contribution in [-0.2, 0) is 14.9 Å². The summed E-state index contributed by atoms with van der Waals surface area (Å²) in [4.78, 5) is 23.9. The lowest BCUT2D eigenvalue weighted by atomic mass is 9.75. The van der Waals surface area contributed by atoms with Crippen molar-refractivity contribution in [3.05, 3.63) is 34.9 Å². The number of benzene rings is 1. The average molecular weight is 341 g/mol. The second-order valence-electron chi connectivity index (χ2n) is 5.20. The predicted molar refractivity (Wildman–Crippen MR) is 91.7 cm³/mol. The Kier molecular flexibility index (Phi) is 7.89. The molecule has 0 bridgehead atoms. The number of hydrogen-bond acceptors (Lipinski definition) is 3. The quantitative estimate of drug-likeness (QED) is 0.714. The molecule has 2 amide bonds. The smallest absolute Gasteiger partial charge is 0.407 e. The highest BCUT2D eigenvalue weighted by Crippen LogP contribution is 2.32. The van der Waals surface area contributed by atoms with E-state index in [1.165, 1.54) is 0 Å². The maximum Gasteiger partial charge on any atom is 0.407 e. The van der Waals surface area contributed by atoms with Crippen LogP contribution in [0.1, 0.15) is 39.2 Å². The van der Waals surface area contributed by atoms with E-state index in [0.29, 0.717) is 37.6 Å². The highest BCUT2D eigenvalue weighted by atomic mass is 35.5. The summed E-state index contributed by atoms with van der Waals surface area (Å²) in [5.41, 5.74) is 0.358. The zero-order valence-electron chi connectivity index (χ0n) is 13.9. The maximum atomic E-state index is 12.7. The van der Waals surface area contributed by atoms with Gasteiger partial charge in [-0.15, -0.1) is 0 Å². The van der Waals surface area contributed by atoms with Crippen LogP contribution >= 0.6 is 11.6 Å². The van der Waals surface area contributed by atoms with Crippen LogP contribution in [0.4, 0.5) is 4.79 Å². The molecule has 1 aromatic rings. The molecule has 0 radical (unpaired) electrons. The number of rotatable bonds is 8. The highest BCUT2D eigenvalue weighted by molar-refractivity contribution is 6.30. The van der Waals surface area contributed by atoms with Crippen LogP contribution in [0.3, 0.4) is 0 Å². The lowest BCUT2D eigenvalue weighted by Crippen LogP contribution is -2.46. The Bertz CT molecular complexity index is 513. The number of carbonyl (C=O) groups excluding carboxylic acids is 2. The first-order valence-electron chi connectivity index (χ1n) is 7.95. The van der Waals surface area contributed by atoms with Gasteiger partial charge in [0.1, 0.15) is 0 Å². The summed E-state index contributed by atoms with van der Waals surface area (Å²) in [5.74, 6) is -0.0459. The maximum absolute atomic E-state index is 12.7. The Morgan fingerprint density at radius 1 is 1.04 bits per heavy atom. The average Bonchev–Trinajstić information content (AvgIpc) is 2.55. The van der Waals surface area contributed by atoms with Gasteiger partial charge >= 0.3 is 6.09 Å². The molecule has 0 atom stereocenters. The number of nitrogens with one attached hydrogen (secondary N) is 2. The summed E-state index contributed by atoms with van der Waals surface area (Å²) in [7, 11) is 0. The third-order valence-electron chi connectivity index (χ3n) is 3.99. The fourth-order valence-corrected chi connectivity index (χ4v) is 2.70. The van der Waals surface area contributed by atoms with Gasteiger partial charge in [-0.1, -0.05) is 37.6 Å². The number of alkyl carbamates (subject to hydrolysis) is 1. The van der Waals surface area contributed by atoms with E-state index in [-0.39, 0.29) is 5.91 Å². The van der Waals surface area contributed by atoms with E-state index in [0.717, 1.165) is 5.56 Å². The van der Waals surface area contributed by atoms with Crippen LogP contribution in [0.5, 0.6) is 0 Å². The van der Waals surface area contributed by atoms with Gasteiger partial charge in [0.05, 0.1) is 12.0 Å². The molecular formula is C17H25ClN2O3. The molecule has 1 aromatic carbocycles. The molecule has 0 saturated heterocycles. The predicted octanol–water partition coefficient (Wildman–Crippen LogP) is 3.26. The third kappa shape index (κ3) is 5.13. The summed E-state index contributed by atoms with van der Waals surface area (Å²) in [6, 6.07) is 7.39. The molecule has 0 saturated carbocycles. The zero-order valence-corrected chi connectivity index (χ0v) is 14.7. The minimum absolute atomic E-state index is 0.0459. The fraction of sp³-hybridized carbons (Fsp3) is 0.529. The van der Waals surface area contributed by atoms with Crippen molar-refractivity contribution in [2.24, 2.45) is 0 Å². The highest BCUT2D eigenvalue weighted by Gasteiger charge is 2.36. The summed E-state index contributed by atoms with van der Waals surface area (Å²) in [6.07, 6.45) is 0.890. The SMILES string of the molecule is CCOC(=O)NCCNC(=O)C(CC)(CC)c1ccc(Cl)cc1. The van der Waals surface area contributed by atoms with Gasteiger partial charge in [0.15, 0.2) is 0 Å². The van der Waals surface area contributed by atoms with Crippen LogP contribution in [0.2, 0.25) is 5.02 Å². The van der Waals surface area contributed by atoms with E-state index in [9.17, 15) is 9.59 Å². The van der Waals surface area contributed by atoms with Crippen molar-refractivity contribution >= 4 is 23.6 Å². The Balaban J connectivity index is 2.68. The van der Waals surface area contributed by atoms with Gasteiger partial charge in [0.2, 0.25) is 5.91 Å². The molecule has 0 unspecified atom stereocenters. The van der Waals surface area contributed by atoms with Crippen molar-refractivity contribution in [3.63, 3.8) is 0 Å². The van der Waals surface area contributed by atoms with E-state index in [1.54, 1.807) is 19.1 Å². The van der Waals surface area contributed by atoms with Crippen molar-refractivity contribution < 1.29 is 14.3 Å². The molecule has 2 N–H and O–H groups in total. The Hall–Kier alpha value is -1.75. The lowest BCUT2D eigenvalue weighted by molar-refractivity contribution is -0.127. The molecule has 0 aliphatic rings. The molecule has 0 aliphatic carbocycles. The molecule has 0 spiro atoms. The minimum Gasteiger partial charge on any atom is -0.450 e.